The predicted octanol–water partition coefficient (Wildman–Crippen LogP) is 8.97. The summed E-state index contributed by atoms with van der Waals surface area (Å²) in [5.74, 6) is -0.784. The molecule has 5 rings (SSSR count). The van der Waals surface area contributed by atoms with Gasteiger partial charge < -0.3 is 33.0 Å². The number of aliphatic hydroxyl groups is 1. The zero-order valence-electron chi connectivity index (χ0n) is 34.2. The first kappa shape index (κ1) is 41.0. The number of carbonyl (C=O) groups is 2. The summed E-state index contributed by atoms with van der Waals surface area (Å²) >= 11 is 0. The highest BCUT2D eigenvalue weighted by molar-refractivity contribution is 6.74. The molecule has 0 radical (unpaired) electrons. The molecule has 0 saturated heterocycles. The van der Waals surface area contributed by atoms with Crippen LogP contribution < -0.4 is 14.2 Å². The van der Waals surface area contributed by atoms with Gasteiger partial charge in [-0.25, -0.2) is 0 Å². The van der Waals surface area contributed by atoms with Gasteiger partial charge in [-0.3, -0.25) is 14.5 Å². The number of ketones is 2. The number of ether oxygens (including phenoxy) is 4. The number of aromatic nitrogens is 1. The third-order valence-electron chi connectivity index (χ3n) is 11.7. The number of aliphatic hydroxyl groups excluding tert-OH is 1. The summed E-state index contributed by atoms with van der Waals surface area (Å²) in [6.07, 6.45) is 3.59. The van der Waals surface area contributed by atoms with E-state index < -0.39 is 37.6 Å². The molecule has 5 atom stereocenters. The van der Waals surface area contributed by atoms with Gasteiger partial charge in [0.15, 0.2) is 25.5 Å². The number of fused-ring (bicyclic) bond motifs is 4. The van der Waals surface area contributed by atoms with Crippen LogP contribution in [0.4, 0.5) is 0 Å². The number of unbranched alkanes of at least 4 members (excludes halogenated alkanes) is 2. The molecule has 1 aromatic heterocycles. The third-order valence-corrected chi connectivity index (χ3v) is 16.1. The van der Waals surface area contributed by atoms with E-state index in [-0.39, 0.29) is 45.8 Å². The molecule has 0 spiro atoms. The summed E-state index contributed by atoms with van der Waals surface area (Å²) in [4.78, 5) is 32.6. The van der Waals surface area contributed by atoms with Crippen molar-refractivity contribution in [3.05, 3.63) is 45.4 Å². The molecule has 12 heteroatoms. The lowest BCUT2D eigenvalue weighted by atomic mass is 9.58. The van der Waals surface area contributed by atoms with Crippen LogP contribution in [0, 0.1) is 11.8 Å². The van der Waals surface area contributed by atoms with Gasteiger partial charge in [0.25, 0.3) is 5.88 Å². The van der Waals surface area contributed by atoms with Crippen LogP contribution in [0.5, 0.6) is 17.4 Å². The zero-order valence-corrected chi connectivity index (χ0v) is 35.2. The quantitative estimate of drug-likeness (QED) is 0.138. The number of methoxy groups -OCH3 is 1. The zero-order chi connectivity index (χ0) is 39.2. The van der Waals surface area contributed by atoms with Gasteiger partial charge in [-0.2, -0.15) is 0 Å². The highest BCUT2D eigenvalue weighted by Gasteiger charge is 2.67. The van der Waals surface area contributed by atoms with E-state index in [2.05, 4.69) is 52.9 Å². The Labute approximate surface area is 316 Å². The Morgan fingerprint density at radius 1 is 1.06 bits per heavy atom. The first-order chi connectivity index (χ1) is 24.9. The number of hydrogen-bond donors (Lipinski definition) is 1. The van der Waals surface area contributed by atoms with Gasteiger partial charge in [-0.05, 0) is 95.8 Å². The number of Topliss-reactive ketones (excluding diaryl/α,β-unsaturated/α-hetero) is 2. The number of hydrogen-bond acceptors (Lipinski definition) is 11. The number of rotatable bonds is 15. The number of carbonyl (C=O) groups excluding carboxylic acids is 2. The maximum Gasteiger partial charge on any atom is 0.265 e. The molecule has 0 aliphatic heterocycles. The summed E-state index contributed by atoms with van der Waals surface area (Å²) in [5, 5.41) is 16.9. The van der Waals surface area contributed by atoms with Crippen LogP contribution in [0.2, 0.25) is 18.1 Å². The van der Waals surface area contributed by atoms with E-state index >= 15 is 9.59 Å². The fourth-order valence-corrected chi connectivity index (χ4v) is 9.30. The topological polar surface area (TPSA) is 130 Å². The lowest BCUT2D eigenvalue weighted by Gasteiger charge is -2.55. The van der Waals surface area contributed by atoms with Crippen LogP contribution >= 0.6 is 0 Å². The van der Waals surface area contributed by atoms with E-state index in [4.69, 9.17) is 27.9 Å². The Morgan fingerprint density at radius 2 is 1.70 bits per heavy atom. The second-order valence-corrected chi connectivity index (χ2v) is 21.7. The molecule has 0 fully saturated rings. The molecule has 0 saturated carbocycles. The van der Waals surface area contributed by atoms with Gasteiger partial charge in [0.2, 0.25) is 5.78 Å². The lowest BCUT2D eigenvalue weighted by Crippen LogP contribution is -2.65. The lowest BCUT2D eigenvalue weighted by molar-refractivity contribution is -0.0481. The molecule has 1 heterocycles. The van der Waals surface area contributed by atoms with Crippen molar-refractivity contribution in [2.24, 2.45) is 11.8 Å². The highest BCUT2D eigenvalue weighted by atomic mass is 28.4. The minimum Gasteiger partial charge on any atom is -0.508 e. The average Bonchev–Trinajstić information content (AvgIpc) is 3.49. The molecule has 11 nitrogen and oxygen atoms in total. The van der Waals surface area contributed by atoms with Crippen LogP contribution in [0.25, 0.3) is 0 Å². The first-order valence-electron chi connectivity index (χ1n) is 19.4. The number of benzene rings is 1. The van der Waals surface area contributed by atoms with Crippen LogP contribution in [0.15, 0.2) is 21.9 Å². The molecule has 294 valence electrons. The maximum atomic E-state index is 15.4. The Balaban J connectivity index is 1.82. The normalized spacial score (nSPS) is 23.5. The van der Waals surface area contributed by atoms with Gasteiger partial charge in [0.1, 0.15) is 22.8 Å². The van der Waals surface area contributed by atoms with Crippen LogP contribution in [-0.4, -0.2) is 81.2 Å². The summed E-state index contributed by atoms with van der Waals surface area (Å²) in [6.45, 7) is 21.2. The minimum atomic E-state index is -2.84. The molecule has 3 aliphatic rings. The van der Waals surface area contributed by atoms with Crippen molar-refractivity contribution < 1.29 is 42.6 Å². The van der Waals surface area contributed by atoms with E-state index in [9.17, 15) is 5.11 Å². The molecule has 0 bridgehead atoms. The Hall–Kier alpha value is -3.19. The molecule has 1 unspecified atom stereocenters. The Kier molecular flexibility index (Phi) is 12.0. The predicted molar refractivity (Wildman–Crippen MR) is 206 cm³/mol. The van der Waals surface area contributed by atoms with Crippen molar-refractivity contribution >= 4 is 19.9 Å². The summed E-state index contributed by atoms with van der Waals surface area (Å²) in [7, 11) is 2.65. The van der Waals surface area contributed by atoms with Crippen molar-refractivity contribution in [3.8, 4) is 17.4 Å². The summed E-state index contributed by atoms with van der Waals surface area (Å²) < 4.78 is 38.0. The number of nitrogens with zero attached hydrogens (tertiary/aromatic N) is 2. The second-order valence-electron chi connectivity index (χ2n) is 17.0. The van der Waals surface area contributed by atoms with Gasteiger partial charge in [0.05, 0.1) is 37.0 Å². The summed E-state index contributed by atoms with van der Waals surface area (Å²) in [5.41, 5.74) is 0.343. The van der Waals surface area contributed by atoms with Crippen molar-refractivity contribution in [3.63, 3.8) is 0 Å². The fraction of sp³-hybridized carbons (Fsp3) is 0.683. The molecule has 0 amide bonds. The minimum absolute atomic E-state index is 0.0871. The van der Waals surface area contributed by atoms with Gasteiger partial charge >= 0.3 is 0 Å². The Morgan fingerprint density at radius 3 is 2.26 bits per heavy atom. The fourth-order valence-electron chi connectivity index (χ4n) is 7.85. The van der Waals surface area contributed by atoms with Crippen molar-refractivity contribution in [1.82, 2.24) is 10.1 Å². The SMILES string of the molecule is CCCCOc1cc(C(C)OC)c(OC(C)C)c2c1C(=O)C1=C(O)[C@]3(O[Si](C)(C)C(C)(C)C)C(=O)c4c(OCCCC)noc4[C@@H](N(C)C)[C@@H]3C[C@@H]1C2. The standard InChI is InChI=1S/C41H62N2O9Si/c1-14-16-18-48-29-22-26(24(5)47-11)35(50-23(3)4)27-20-25-21-28-33(43(9)10)36-32(39(42-51-36)49-19-17-15-2)38(46)41(28,52-53(12,13)40(6,7)8)37(45)30(25)34(44)31(27)29/h22-25,28,33,45H,14-21H2,1-13H3/t24?,25-,28-,33-,41-/m0/s1. The smallest absolute Gasteiger partial charge is 0.265 e. The van der Waals surface area contributed by atoms with E-state index in [1.807, 2.05) is 45.8 Å². The first-order valence-corrected chi connectivity index (χ1v) is 22.3. The van der Waals surface area contributed by atoms with Gasteiger partial charge in [-0.15, -0.1) is 0 Å². The van der Waals surface area contributed by atoms with E-state index in [1.54, 1.807) is 7.11 Å². The number of allylic oxidation sites excluding steroid dienone is 1. The monoisotopic (exact) mass is 754 g/mol. The van der Waals surface area contributed by atoms with Crippen LogP contribution in [0.3, 0.4) is 0 Å². The Bertz CT molecular complexity index is 1720. The largest absolute Gasteiger partial charge is 0.508 e. The molecule has 1 aromatic carbocycles. The van der Waals surface area contributed by atoms with Crippen LogP contribution in [0.1, 0.15) is 137 Å². The van der Waals surface area contributed by atoms with Crippen molar-refractivity contribution in [2.75, 3.05) is 34.4 Å². The third kappa shape index (κ3) is 7.09. The second kappa shape index (κ2) is 15.5. The highest BCUT2D eigenvalue weighted by Crippen LogP contribution is 2.60. The van der Waals surface area contributed by atoms with E-state index in [0.717, 1.165) is 36.8 Å². The van der Waals surface area contributed by atoms with E-state index in [1.165, 1.54) is 0 Å². The maximum absolute atomic E-state index is 15.4. The van der Waals surface area contributed by atoms with Crippen molar-refractivity contribution in [2.45, 2.75) is 136 Å². The summed E-state index contributed by atoms with van der Waals surface area (Å²) in [6, 6.07) is 1.32. The molecule has 3 aliphatic carbocycles. The molecular formula is C41H62N2O9Si. The molecule has 53 heavy (non-hydrogen) atoms. The molecule has 2 aromatic rings. The van der Waals surface area contributed by atoms with Gasteiger partial charge in [-0.1, -0.05) is 47.5 Å². The molecule has 1 N–H and O–H groups in total. The van der Waals surface area contributed by atoms with E-state index in [0.29, 0.717) is 48.9 Å². The molecular weight excluding hydrogens is 693 g/mol. The average molecular weight is 755 g/mol. The van der Waals surface area contributed by atoms with Crippen LogP contribution in [-0.2, 0) is 15.6 Å². The van der Waals surface area contributed by atoms with Gasteiger partial charge in [0, 0.05) is 29.7 Å². The van der Waals surface area contributed by atoms with Crippen molar-refractivity contribution in [1.29, 1.82) is 0 Å².